The third-order valence-electron chi connectivity index (χ3n) is 4.62. The summed E-state index contributed by atoms with van der Waals surface area (Å²) in [5, 5.41) is 4.12. The number of likely N-dealkylation sites (tertiary alicyclic amines) is 1. The summed E-state index contributed by atoms with van der Waals surface area (Å²) in [6, 6.07) is -0.395. The monoisotopic (exact) mass is 319 g/mol. The van der Waals surface area contributed by atoms with Gasteiger partial charge in [-0.2, -0.15) is 5.10 Å². The average molecular weight is 319 g/mol. The molecule has 2 heterocycles. The highest BCUT2D eigenvalue weighted by Crippen LogP contribution is 2.36. The van der Waals surface area contributed by atoms with Gasteiger partial charge >= 0.3 is 5.97 Å². The second kappa shape index (κ2) is 6.14. The van der Waals surface area contributed by atoms with Gasteiger partial charge < -0.3 is 9.64 Å². The molecule has 1 aliphatic carbocycles. The maximum absolute atomic E-state index is 12.4. The number of hydrogen-bond donors (Lipinski definition) is 0. The van der Waals surface area contributed by atoms with Crippen LogP contribution in [0.3, 0.4) is 0 Å². The van der Waals surface area contributed by atoms with E-state index in [4.69, 9.17) is 4.74 Å². The molecule has 1 saturated carbocycles. The third kappa shape index (κ3) is 3.28. The van der Waals surface area contributed by atoms with Gasteiger partial charge in [0.05, 0.1) is 18.2 Å². The molecule has 2 aliphatic rings. The van der Waals surface area contributed by atoms with Crippen molar-refractivity contribution >= 4 is 17.7 Å². The van der Waals surface area contributed by atoms with Crippen molar-refractivity contribution in [1.82, 2.24) is 14.7 Å². The molecule has 2 atom stereocenters. The van der Waals surface area contributed by atoms with E-state index in [-0.39, 0.29) is 24.2 Å². The zero-order valence-corrected chi connectivity index (χ0v) is 13.4. The molecule has 124 valence electrons. The number of carbonyl (C=O) groups is 3. The van der Waals surface area contributed by atoms with E-state index in [1.807, 2.05) is 0 Å². The van der Waals surface area contributed by atoms with Crippen molar-refractivity contribution in [2.24, 2.45) is 18.9 Å². The van der Waals surface area contributed by atoms with Crippen molar-refractivity contribution in [2.75, 3.05) is 13.7 Å². The summed E-state index contributed by atoms with van der Waals surface area (Å²) in [5.41, 5.74) is 0.804. The summed E-state index contributed by atoms with van der Waals surface area (Å²) in [5.74, 6) is -0.804. The molecule has 0 spiro atoms. The van der Waals surface area contributed by atoms with E-state index in [2.05, 4.69) is 5.10 Å². The van der Waals surface area contributed by atoms with Crippen molar-refractivity contribution in [3.63, 3.8) is 0 Å². The second-order valence-electron chi connectivity index (χ2n) is 6.39. The van der Waals surface area contributed by atoms with Crippen LogP contribution in [0.1, 0.15) is 37.3 Å². The number of Topliss-reactive ketones (excluding diaryl/α,β-unsaturated/α-hetero) is 1. The Morgan fingerprint density at radius 2 is 2.04 bits per heavy atom. The lowest BCUT2D eigenvalue weighted by Crippen LogP contribution is -2.43. The summed E-state index contributed by atoms with van der Waals surface area (Å²) >= 11 is 0. The standard InChI is InChI=1S/C16H21N3O4/c1-18-8-11(7-17-18)15-12(5-6-14(21)19(15)2)16(22)23-9-13(20)10-3-4-10/h7-8,10,12,15H,3-6,9H2,1-2H3/t12-,15-/m0/s1. The molecular weight excluding hydrogens is 298 g/mol. The Balaban J connectivity index is 1.73. The number of amides is 1. The van der Waals surface area contributed by atoms with Crippen LogP contribution in [0, 0.1) is 11.8 Å². The van der Waals surface area contributed by atoms with Crippen LogP contribution in [0.25, 0.3) is 0 Å². The van der Waals surface area contributed by atoms with Crippen LogP contribution in [0.15, 0.2) is 12.4 Å². The lowest BCUT2D eigenvalue weighted by Gasteiger charge is -2.37. The SMILES string of the molecule is CN1C(=O)CC[C@H](C(=O)OCC(=O)C2CC2)[C@@H]1c1cnn(C)c1. The van der Waals surface area contributed by atoms with Crippen LogP contribution < -0.4 is 0 Å². The normalized spacial score (nSPS) is 24.6. The Morgan fingerprint density at radius 1 is 1.30 bits per heavy atom. The first-order valence-electron chi connectivity index (χ1n) is 7.91. The number of nitrogens with zero attached hydrogens (tertiary/aromatic N) is 3. The van der Waals surface area contributed by atoms with Crippen molar-refractivity contribution < 1.29 is 19.1 Å². The van der Waals surface area contributed by atoms with Crippen LogP contribution in [-0.4, -0.2) is 46.0 Å². The molecular formula is C16H21N3O4. The first kappa shape index (κ1) is 15.7. The molecule has 0 unspecified atom stereocenters. The number of ether oxygens (including phenoxy) is 1. The maximum Gasteiger partial charge on any atom is 0.311 e. The Morgan fingerprint density at radius 3 is 2.65 bits per heavy atom. The van der Waals surface area contributed by atoms with Crippen LogP contribution in [0.4, 0.5) is 0 Å². The van der Waals surface area contributed by atoms with Crippen LogP contribution in [0.2, 0.25) is 0 Å². The number of carbonyl (C=O) groups excluding carboxylic acids is 3. The smallest absolute Gasteiger partial charge is 0.311 e. The number of aryl methyl sites for hydroxylation is 1. The first-order valence-corrected chi connectivity index (χ1v) is 7.91. The van der Waals surface area contributed by atoms with Crippen molar-refractivity contribution in [2.45, 2.75) is 31.7 Å². The summed E-state index contributed by atoms with van der Waals surface area (Å²) in [4.78, 5) is 37.7. The predicted octanol–water partition coefficient (Wildman–Crippen LogP) is 0.852. The number of aromatic nitrogens is 2. The second-order valence-corrected chi connectivity index (χ2v) is 6.39. The van der Waals surface area contributed by atoms with Gasteiger partial charge in [-0.3, -0.25) is 19.1 Å². The zero-order chi connectivity index (χ0) is 16.6. The molecule has 1 amide bonds. The van der Waals surface area contributed by atoms with Gasteiger partial charge in [0, 0.05) is 38.2 Å². The molecule has 23 heavy (non-hydrogen) atoms. The summed E-state index contributed by atoms with van der Waals surface area (Å²) in [6.07, 6.45) is 6.00. The van der Waals surface area contributed by atoms with E-state index < -0.39 is 17.9 Å². The van der Waals surface area contributed by atoms with Crippen molar-refractivity contribution in [1.29, 1.82) is 0 Å². The van der Waals surface area contributed by atoms with Crippen LogP contribution in [0.5, 0.6) is 0 Å². The summed E-state index contributed by atoms with van der Waals surface area (Å²) in [6.45, 7) is -0.155. The van der Waals surface area contributed by atoms with Crippen molar-refractivity contribution in [3.05, 3.63) is 18.0 Å². The minimum Gasteiger partial charge on any atom is -0.457 e. The van der Waals surface area contributed by atoms with Gasteiger partial charge in [-0.05, 0) is 19.3 Å². The molecule has 1 aromatic heterocycles. The van der Waals surface area contributed by atoms with E-state index >= 15 is 0 Å². The molecule has 1 saturated heterocycles. The molecule has 0 N–H and O–H groups in total. The van der Waals surface area contributed by atoms with Crippen LogP contribution >= 0.6 is 0 Å². The number of piperidine rings is 1. The Hall–Kier alpha value is -2.18. The lowest BCUT2D eigenvalue weighted by molar-refractivity contribution is -0.158. The van der Waals surface area contributed by atoms with E-state index in [1.165, 1.54) is 0 Å². The number of esters is 1. The highest BCUT2D eigenvalue weighted by atomic mass is 16.5. The highest BCUT2D eigenvalue weighted by molar-refractivity contribution is 5.87. The summed E-state index contributed by atoms with van der Waals surface area (Å²) < 4.78 is 6.87. The Labute approximate surface area is 134 Å². The quantitative estimate of drug-likeness (QED) is 0.752. The molecule has 0 bridgehead atoms. The molecule has 1 aliphatic heterocycles. The van der Waals surface area contributed by atoms with Crippen molar-refractivity contribution in [3.8, 4) is 0 Å². The zero-order valence-electron chi connectivity index (χ0n) is 13.4. The molecule has 3 rings (SSSR count). The number of rotatable bonds is 5. The predicted molar refractivity (Wildman–Crippen MR) is 80.1 cm³/mol. The van der Waals surface area contributed by atoms with Gasteiger partial charge in [-0.1, -0.05) is 0 Å². The largest absolute Gasteiger partial charge is 0.457 e. The molecule has 7 nitrogen and oxygen atoms in total. The molecule has 0 radical (unpaired) electrons. The average Bonchev–Trinajstić information content (AvgIpc) is 3.29. The summed E-state index contributed by atoms with van der Waals surface area (Å²) in [7, 11) is 3.48. The van der Waals surface area contributed by atoms with Gasteiger partial charge in [0.15, 0.2) is 5.78 Å². The Kier molecular flexibility index (Phi) is 4.19. The van der Waals surface area contributed by atoms with Crippen LogP contribution in [-0.2, 0) is 26.2 Å². The van der Waals surface area contributed by atoms with Gasteiger partial charge in [0.2, 0.25) is 5.91 Å². The molecule has 1 aromatic rings. The van der Waals surface area contributed by atoms with E-state index in [1.54, 1.807) is 36.1 Å². The van der Waals surface area contributed by atoms with E-state index in [0.29, 0.717) is 12.8 Å². The van der Waals surface area contributed by atoms with Gasteiger partial charge in [0.1, 0.15) is 6.61 Å². The molecule has 7 heteroatoms. The topological polar surface area (TPSA) is 81.5 Å². The maximum atomic E-state index is 12.4. The lowest BCUT2D eigenvalue weighted by atomic mass is 9.86. The highest BCUT2D eigenvalue weighted by Gasteiger charge is 2.41. The third-order valence-corrected chi connectivity index (χ3v) is 4.62. The minimum absolute atomic E-state index is 0.00281. The van der Waals surface area contributed by atoms with Gasteiger partial charge in [-0.15, -0.1) is 0 Å². The minimum atomic E-state index is -0.464. The van der Waals surface area contributed by atoms with Gasteiger partial charge in [-0.25, -0.2) is 0 Å². The van der Waals surface area contributed by atoms with E-state index in [9.17, 15) is 14.4 Å². The van der Waals surface area contributed by atoms with Gasteiger partial charge in [0.25, 0.3) is 0 Å². The van der Waals surface area contributed by atoms with E-state index in [0.717, 1.165) is 18.4 Å². The fourth-order valence-electron chi connectivity index (χ4n) is 3.11. The molecule has 0 aromatic carbocycles. The number of ketones is 1. The number of hydrogen-bond acceptors (Lipinski definition) is 5. The first-order chi connectivity index (χ1) is 11.0. The Bertz CT molecular complexity index is 635. The molecule has 2 fully saturated rings. The fraction of sp³-hybridized carbons (Fsp3) is 0.625. The fourth-order valence-corrected chi connectivity index (χ4v) is 3.11.